The number of ether oxygens (including phenoxy) is 1. The Morgan fingerprint density at radius 2 is 1.29 bits per heavy atom. The van der Waals surface area contributed by atoms with Gasteiger partial charge in [-0.25, -0.2) is 0 Å². The van der Waals surface area contributed by atoms with E-state index >= 15 is 0 Å². The highest BCUT2D eigenvalue weighted by Gasteiger charge is 2.31. The lowest BCUT2D eigenvalue weighted by atomic mass is 9.87. The van der Waals surface area contributed by atoms with Gasteiger partial charge in [-0.1, -0.05) is 94.7 Å². The maximum Gasteiger partial charge on any atom is 0.232 e. The molecule has 150 valence electrons. The van der Waals surface area contributed by atoms with E-state index in [4.69, 9.17) is 4.74 Å². The molecule has 0 aliphatic carbocycles. The quantitative estimate of drug-likeness (QED) is 0.448. The molecule has 1 aliphatic rings. The van der Waals surface area contributed by atoms with Crippen LogP contribution in [0.4, 0.5) is 0 Å². The summed E-state index contributed by atoms with van der Waals surface area (Å²) < 4.78 is 5.98. The molecule has 0 radical (unpaired) electrons. The van der Waals surface area contributed by atoms with Gasteiger partial charge in [-0.3, -0.25) is 4.79 Å². The zero-order valence-corrected chi connectivity index (χ0v) is 17.1. The molecule has 2 aromatic carbocycles. The average molecular weight is 380 g/mol. The molecule has 0 atom stereocenters. The van der Waals surface area contributed by atoms with Crippen molar-refractivity contribution in [2.75, 3.05) is 6.54 Å². The molecule has 0 saturated carbocycles. The molecule has 3 rings (SSSR count). The van der Waals surface area contributed by atoms with Crippen LogP contribution in [0.1, 0.15) is 81.8 Å². The van der Waals surface area contributed by atoms with Crippen LogP contribution in [0.2, 0.25) is 0 Å². The summed E-state index contributed by atoms with van der Waals surface area (Å²) in [7, 11) is 0. The number of unbranched alkanes of at least 4 members (excludes halogenated alkanes) is 8. The number of fused-ring (bicyclic) bond motifs is 2. The van der Waals surface area contributed by atoms with Crippen molar-refractivity contribution >= 4 is 5.91 Å². The lowest BCUT2D eigenvalue weighted by Gasteiger charge is -2.27. The first-order valence-corrected chi connectivity index (χ1v) is 10.9. The van der Waals surface area contributed by atoms with Crippen molar-refractivity contribution in [2.24, 2.45) is 0 Å². The van der Waals surface area contributed by atoms with Crippen LogP contribution in [-0.4, -0.2) is 12.5 Å². The Labute approximate surface area is 169 Å². The predicted molar refractivity (Wildman–Crippen MR) is 115 cm³/mol. The molecule has 0 saturated heterocycles. The summed E-state index contributed by atoms with van der Waals surface area (Å²) in [6, 6.07) is 15.7. The van der Waals surface area contributed by atoms with E-state index in [0.29, 0.717) is 0 Å². The molecule has 1 amide bonds. The molecule has 1 aliphatic heterocycles. The second kappa shape index (κ2) is 10.9. The zero-order chi connectivity index (χ0) is 19.6. The smallest absolute Gasteiger partial charge is 0.232 e. The van der Waals surface area contributed by atoms with E-state index in [1.807, 2.05) is 48.5 Å². The molecule has 0 unspecified atom stereocenters. The van der Waals surface area contributed by atoms with Crippen LogP contribution in [0.25, 0.3) is 0 Å². The molecule has 3 heteroatoms. The van der Waals surface area contributed by atoms with Gasteiger partial charge in [0, 0.05) is 17.7 Å². The lowest BCUT2D eigenvalue weighted by molar-refractivity contribution is -0.121. The van der Waals surface area contributed by atoms with Crippen LogP contribution < -0.4 is 10.1 Å². The average Bonchev–Trinajstić information content (AvgIpc) is 2.73. The van der Waals surface area contributed by atoms with E-state index in [2.05, 4.69) is 12.2 Å². The number of hydrogen-bond acceptors (Lipinski definition) is 2. The van der Waals surface area contributed by atoms with Crippen LogP contribution in [-0.2, 0) is 4.79 Å². The number of benzene rings is 2. The van der Waals surface area contributed by atoms with Crippen LogP contribution in [0, 0.1) is 0 Å². The number of para-hydroxylation sites is 2. The summed E-state index contributed by atoms with van der Waals surface area (Å²) in [5.74, 6) is 1.34. The summed E-state index contributed by atoms with van der Waals surface area (Å²) >= 11 is 0. The first-order chi connectivity index (χ1) is 13.8. The maximum absolute atomic E-state index is 13.0. The van der Waals surface area contributed by atoms with Gasteiger partial charge in [0.2, 0.25) is 5.91 Å². The van der Waals surface area contributed by atoms with Gasteiger partial charge in [0.15, 0.2) is 0 Å². The molecular formula is C25H33NO2. The normalized spacial score (nSPS) is 12.8. The number of hydrogen-bond donors (Lipinski definition) is 1. The highest BCUT2D eigenvalue weighted by atomic mass is 16.5. The molecule has 0 bridgehead atoms. The van der Waals surface area contributed by atoms with Gasteiger partial charge in [0.05, 0.1) is 5.92 Å². The van der Waals surface area contributed by atoms with Gasteiger partial charge >= 0.3 is 0 Å². The molecule has 0 spiro atoms. The minimum Gasteiger partial charge on any atom is -0.457 e. The third kappa shape index (κ3) is 5.37. The first kappa shape index (κ1) is 20.4. The molecule has 1 N–H and O–H groups in total. The number of rotatable bonds is 11. The molecule has 0 aromatic heterocycles. The van der Waals surface area contributed by atoms with Gasteiger partial charge in [0.1, 0.15) is 11.5 Å². The highest BCUT2D eigenvalue weighted by molar-refractivity contribution is 5.89. The summed E-state index contributed by atoms with van der Waals surface area (Å²) in [5, 5.41) is 3.16. The Balaban J connectivity index is 1.46. The van der Waals surface area contributed by atoms with E-state index in [1.165, 1.54) is 51.4 Å². The highest BCUT2D eigenvalue weighted by Crippen LogP contribution is 2.43. The van der Waals surface area contributed by atoms with Gasteiger partial charge in [-0.2, -0.15) is 0 Å². The number of carbonyl (C=O) groups is 1. The van der Waals surface area contributed by atoms with Crippen molar-refractivity contribution in [1.82, 2.24) is 5.32 Å². The monoisotopic (exact) mass is 379 g/mol. The molecular weight excluding hydrogens is 346 g/mol. The second-order valence-electron chi connectivity index (χ2n) is 7.73. The van der Waals surface area contributed by atoms with E-state index < -0.39 is 0 Å². The Kier molecular flexibility index (Phi) is 7.95. The largest absolute Gasteiger partial charge is 0.457 e. The number of carbonyl (C=O) groups excluding carboxylic acids is 1. The minimum atomic E-state index is -0.292. The van der Waals surface area contributed by atoms with E-state index in [1.54, 1.807) is 0 Å². The fourth-order valence-electron chi connectivity index (χ4n) is 3.94. The van der Waals surface area contributed by atoms with E-state index in [9.17, 15) is 4.79 Å². The lowest BCUT2D eigenvalue weighted by Crippen LogP contribution is -2.32. The van der Waals surface area contributed by atoms with Crippen LogP contribution in [0.3, 0.4) is 0 Å². The topological polar surface area (TPSA) is 38.3 Å². The van der Waals surface area contributed by atoms with Crippen LogP contribution in [0.5, 0.6) is 11.5 Å². The summed E-state index contributed by atoms with van der Waals surface area (Å²) in [4.78, 5) is 13.0. The molecule has 0 fully saturated rings. The van der Waals surface area contributed by atoms with Gasteiger partial charge in [-0.05, 0) is 18.6 Å². The second-order valence-corrected chi connectivity index (χ2v) is 7.73. The molecule has 1 heterocycles. The van der Waals surface area contributed by atoms with Crippen molar-refractivity contribution in [2.45, 2.75) is 70.6 Å². The fourth-order valence-corrected chi connectivity index (χ4v) is 3.94. The SMILES string of the molecule is CCCCCCCCCCCNC(=O)C1c2ccccc2Oc2ccccc21. The van der Waals surface area contributed by atoms with E-state index in [-0.39, 0.29) is 11.8 Å². The molecule has 3 nitrogen and oxygen atoms in total. The van der Waals surface area contributed by atoms with Gasteiger partial charge in [0.25, 0.3) is 0 Å². The molecule has 2 aromatic rings. The minimum absolute atomic E-state index is 0.0720. The van der Waals surface area contributed by atoms with Crippen molar-refractivity contribution in [3.05, 3.63) is 59.7 Å². The van der Waals surface area contributed by atoms with E-state index in [0.717, 1.165) is 35.6 Å². The summed E-state index contributed by atoms with van der Waals surface area (Å²) in [6.07, 6.45) is 11.6. The van der Waals surface area contributed by atoms with Crippen molar-refractivity contribution < 1.29 is 9.53 Å². The first-order valence-electron chi connectivity index (χ1n) is 10.9. The van der Waals surface area contributed by atoms with Gasteiger partial charge in [-0.15, -0.1) is 0 Å². The fraction of sp³-hybridized carbons (Fsp3) is 0.480. The number of nitrogens with one attached hydrogen (secondary N) is 1. The van der Waals surface area contributed by atoms with Crippen molar-refractivity contribution in [1.29, 1.82) is 0 Å². The van der Waals surface area contributed by atoms with Crippen molar-refractivity contribution in [3.8, 4) is 11.5 Å². The summed E-state index contributed by atoms with van der Waals surface area (Å²) in [6.45, 7) is 3.00. The Bertz CT molecular complexity index is 710. The molecule has 28 heavy (non-hydrogen) atoms. The maximum atomic E-state index is 13.0. The van der Waals surface area contributed by atoms with Crippen LogP contribution >= 0.6 is 0 Å². The summed E-state index contributed by atoms with van der Waals surface area (Å²) in [5.41, 5.74) is 1.90. The van der Waals surface area contributed by atoms with Gasteiger partial charge < -0.3 is 10.1 Å². The third-order valence-electron chi connectivity index (χ3n) is 5.52. The Hall–Kier alpha value is -2.29. The van der Waals surface area contributed by atoms with Crippen LogP contribution in [0.15, 0.2) is 48.5 Å². The zero-order valence-electron chi connectivity index (χ0n) is 17.1. The Morgan fingerprint density at radius 3 is 1.86 bits per heavy atom. The predicted octanol–water partition coefficient (Wildman–Crippen LogP) is 6.57. The Morgan fingerprint density at radius 1 is 0.786 bits per heavy atom. The standard InChI is InChI=1S/C25H33NO2/c1-2-3-4-5-6-7-8-9-14-19-26-25(27)24-20-15-10-12-17-22(20)28-23-18-13-11-16-21(23)24/h10-13,15-18,24H,2-9,14,19H2,1H3,(H,26,27). The third-order valence-corrected chi connectivity index (χ3v) is 5.52. The van der Waals surface area contributed by atoms with Crippen molar-refractivity contribution in [3.63, 3.8) is 0 Å². The number of amides is 1.